The van der Waals surface area contributed by atoms with Gasteiger partial charge in [0.1, 0.15) is 0 Å². The Morgan fingerprint density at radius 3 is 2.21 bits per heavy atom. The van der Waals surface area contributed by atoms with E-state index in [9.17, 15) is 0 Å². The Morgan fingerprint density at radius 2 is 1.61 bits per heavy atom. The fourth-order valence-electron chi connectivity index (χ4n) is 4.31. The highest BCUT2D eigenvalue weighted by Gasteiger charge is 2.41. The number of morpholine rings is 1. The van der Waals surface area contributed by atoms with Gasteiger partial charge < -0.3 is 14.2 Å². The van der Waals surface area contributed by atoms with Gasteiger partial charge in [-0.1, -0.05) is 0 Å². The van der Waals surface area contributed by atoms with Gasteiger partial charge in [0.05, 0.1) is 42.2 Å². The van der Waals surface area contributed by atoms with E-state index in [1.165, 1.54) is 0 Å². The minimum Gasteiger partial charge on any atom is -0.375 e. The molecular weight excluding hydrogens is 356 g/mol. The molecule has 1 aliphatic carbocycles. The Hall–Kier alpha value is -0.240. The molecule has 0 aromatic heterocycles. The highest BCUT2D eigenvalue weighted by Crippen LogP contribution is 2.34. The number of nitrogens with zero attached hydrogens (tertiary/aromatic N) is 2. The molecule has 2 heterocycles. The molecule has 0 N–H and O–H groups in total. The SMILES string of the molecule is CC(C)(C)OCCN1CCOC2(CCN(OC3CC(OC(C)(C)C)C3)CC2)C1. The van der Waals surface area contributed by atoms with Gasteiger partial charge in [0.2, 0.25) is 0 Å². The predicted molar refractivity (Wildman–Crippen MR) is 110 cm³/mol. The van der Waals surface area contributed by atoms with Crippen molar-refractivity contribution in [3.63, 3.8) is 0 Å². The van der Waals surface area contributed by atoms with Crippen LogP contribution in [0.2, 0.25) is 0 Å². The van der Waals surface area contributed by atoms with Crippen molar-refractivity contribution in [3.05, 3.63) is 0 Å². The lowest BCUT2D eigenvalue weighted by atomic mass is 9.89. The van der Waals surface area contributed by atoms with E-state index >= 15 is 0 Å². The molecule has 0 aromatic carbocycles. The first-order chi connectivity index (χ1) is 13.0. The summed E-state index contributed by atoms with van der Waals surface area (Å²) >= 11 is 0. The van der Waals surface area contributed by atoms with Crippen LogP contribution in [0.5, 0.6) is 0 Å². The highest BCUT2D eigenvalue weighted by molar-refractivity contribution is 4.92. The summed E-state index contributed by atoms with van der Waals surface area (Å²) in [7, 11) is 0. The lowest BCUT2D eigenvalue weighted by Gasteiger charge is -2.48. The summed E-state index contributed by atoms with van der Waals surface area (Å²) < 4.78 is 18.2. The zero-order valence-electron chi connectivity index (χ0n) is 19.0. The Kier molecular flexibility index (Phi) is 7.11. The van der Waals surface area contributed by atoms with Gasteiger partial charge in [0.25, 0.3) is 0 Å². The monoisotopic (exact) mass is 398 g/mol. The molecule has 6 heteroatoms. The van der Waals surface area contributed by atoms with Crippen LogP contribution in [0.4, 0.5) is 0 Å². The first kappa shape index (κ1) is 22.4. The molecule has 0 amide bonds. The quantitative estimate of drug-likeness (QED) is 0.684. The molecule has 2 aliphatic heterocycles. The second kappa shape index (κ2) is 8.86. The van der Waals surface area contributed by atoms with Crippen LogP contribution >= 0.6 is 0 Å². The van der Waals surface area contributed by atoms with Crippen LogP contribution in [-0.4, -0.2) is 84.9 Å². The van der Waals surface area contributed by atoms with Crippen molar-refractivity contribution in [1.29, 1.82) is 0 Å². The minimum atomic E-state index is -0.0644. The summed E-state index contributed by atoms with van der Waals surface area (Å²) in [6, 6.07) is 0. The van der Waals surface area contributed by atoms with Crippen molar-refractivity contribution in [2.24, 2.45) is 0 Å². The third kappa shape index (κ3) is 6.92. The number of ether oxygens (including phenoxy) is 3. The summed E-state index contributed by atoms with van der Waals surface area (Å²) in [4.78, 5) is 8.71. The minimum absolute atomic E-state index is 0.00264. The first-order valence-electron chi connectivity index (χ1n) is 11.1. The van der Waals surface area contributed by atoms with E-state index in [2.05, 4.69) is 51.5 Å². The van der Waals surface area contributed by atoms with Crippen LogP contribution in [0.3, 0.4) is 0 Å². The molecule has 6 nitrogen and oxygen atoms in total. The smallest absolute Gasteiger partial charge is 0.0842 e. The van der Waals surface area contributed by atoms with Gasteiger partial charge >= 0.3 is 0 Å². The van der Waals surface area contributed by atoms with Crippen molar-refractivity contribution in [1.82, 2.24) is 9.96 Å². The molecular formula is C22H42N2O4. The number of hydroxylamine groups is 2. The molecule has 3 aliphatic rings. The molecule has 1 spiro atoms. The van der Waals surface area contributed by atoms with Crippen LogP contribution < -0.4 is 0 Å². The largest absolute Gasteiger partial charge is 0.375 e. The number of piperidine rings is 1. The average molecular weight is 399 g/mol. The molecule has 1 saturated carbocycles. The van der Waals surface area contributed by atoms with Crippen molar-refractivity contribution in [2.75, 3.05) is 45.9 Å². The second-order valence-electron chi connectivity index (χ2n) is 10.7. The van der Waals surface area contributed by atoms with Crippen LogP contribution in [0.25, 0.3) is 0 Å². The second-order valence-corrected chi connectivity index (χ2v) is 10.7. The third-order valence-corrected chi connectivity index (χ3v) is 5.77. The van der Waals surface area contributed by atoms with Crippen molar-refractivity contribution >= 4 is 0 Å². The van der Waals surface area contributed by atoms with Gasteiger partial charge in [-0.3, -0.25) is 9.74 Å². The summed E-state index contributed by atoms with van der Waals surface area (Å²) in [6.07, 6.45) is 4.77. The molecule has 2 saturated heterocycles. The van der Waals surface area contributed by atoms with Gasteiger partial charge in [-0.25, -0.2) is 0 Å². The number of hydrogen-bond donors (Lipinski definition) is 0. The highest BCUT2D eigenvalue weighted by atomic mass is 16.7. The van der Waals surface area contributed by atoms with E-state index in [1.807, 2.05) is 0 Å². The molecule has 3 rings (SSSR count). The van der Waals surface area contributed by atoms with Gasteiger partial charge in [-0.15, -0.1) is 0 Å². The molecule has 164 valence electrons. The van der Waals surface area contributed by atoms with E-state index < -0.39 is 0 Å². The molecule has 0 bridgehead atoms. The average Bonchev–Trinajstić information content (AvgIpc) is 2.53. The summed E-state index contributed by atoms with van der Waals surface area (Å²) in [5.74, 6) is 0. The van der Waals surface area contributed by atoms with Crippen LogP contribution in [0, 0.1) is 0 Å². The van der Waals surface area contributed by atoms with E-state index in [0.717, 1.165) is 71.6 Å². The molecule has 28 heavy (non-hydrogen) atoms. The van der Waals surface area contributed by atoms with Gasteiger partial charge in [-0.05, 0) is 54.4 Å². The zero-order chi connectivity index (χ0) is 20.4. The van der Waals surface area contributed by atoms with Crippen LogP contribution in [-0.2, 0) is 19.0 Å². The first-order valence-corrected chi connectivity index (χ1v) is 11.1. The van der Waals surface area contributed by atoms with Crippen LogP contribution in [0.1, 0.15) is 67.2 Å². The van der Waals surface area contributed by atoms with Gasteiger partial charge in [0.15, 0.2) is 0 Å². The van der Waals surface area contributed by atoms with Crippen molar-refractivity contribution in [2.45, 2.75) is 96.2 Å². The third-order valence-electron chi connectivity index (χ3n) is 5.77. The molecule has 0 radical (unpaired) electrons. The molecule has 3 fully saturated rings. The Bertz CT molecular complexity index is 486. The van der Waals surface area contributed by atoms with Crippen molar-refractivity contribution < 1.29 is 19.0 Å². The van der Waals surface area contributed by atoms with Gasteiger partial charge in [0, 0.05) is 45.6 Å². The predicted octanol–water partition coefficient (Wildman–Crippen LogP) is 3.25. The number of rotatable bonds is 6. The van der Waals surface area contributed by atoms with E-state index in [0.29, 0.717) is 12.2 Å². The molecule has 0 atom stereocenters. The maximum atomic E-state index is 6.26. The standard InChI is InChI=1S/C22H42N2O4/c1-20(2,3)25-13-11-23-12-14-26-22(17-23)7-9-24(10-8-22)28-19-15-18(16-19)27-21(4,5)6/h18-19H,7-17H2,1-6H3. The Balaban J connectivity index is 1.35. The Labute approximate surface area is 171 Å². The van der Waals surface area contributed by atoms with E-state index in [1.54, 1.807) is 0 Å². The van der Waals surface area contributed by atoms with Crippen molar-refractivity contribution in [3.8, 4) is 0 Å². The summed E-state index contributed by atoms with van der Waals surface area (Å²) in [5, 5.41) is 2.16. The van der Waals surface area contributed by atoms with Gasteiger partial charge in [-0.2, -0.15) is 5.06 Å². The fraction of sp³-hybridized carbons (Fsp3) is 1.00. The lowest BCUT2D eigenvalue weighted by Crippen LogP contribution is -2.58. The summed E-state index contributed by atoms with van der Waals surface area (Å²) in [5.41, 5.74) is -0.127. The maximum absolute atomic E-state index is 6.26. The maximum Gasteiger partial charge on any atom is 0.0842 e. The normalized spacial score (nSPS) is 29.8. The molecule has 0 unspecified atom stereocenters. The topological polar surface area (TPSA) is 43.4 Å². The van der Waals surface area contributed by atoms with E-state index in [-0.39, 0.29) is 16.8 Å². The van der Waals surface area contributed by atoms with E-state index in [4.69, 9.17) is 19.0 Å². The lowest BCUT2D eigenvalue weighted by molar-refractivity contribution is -0.271. The number of hydrogen-bond acceptors (Lipinski definition) is 6. The Morgan fingerprint density at radius 1 is 0.929 bits per heavy atom. The van der Waals surface area contributed by atoms with Crippen LogP contribution in [0.15, 0.2) is 0 Å². The fourth-order valence-corrected chi connectivity index (χ4v) is 4.31. The molecule has 0 aromatic rings. The summed E-state index contributed by atoms with van der Waals surface area (Å²) in [6.45, 7) is 19.2. The zero-order valence-corrected chi connectivity index (χ0v) is 19.0.